The lowest BCUT2D eigenvalue weighted by Crippen LogP contribution is -2.47. The van der Waals surface area contributed by atoms with Crippen LogP contribution in [-0.4, -0.2) is 26.3 Å². The topological polar surface area (TPSA) is 118 Å². The first-order valence-corrected chi connectivity index (χ1v) is 7.88. The smallest absolute Gasteiger partial charge is 0.368 e. The van der Waals surface area contributed by atoms with Crippen LogP contribution in [0, 0.1) is 5.92 Å². The van der Waals surface area contributed by atoms with E-state index in [2.05, 4.69) is 5.32 Å². The van der Waals surface area contributed by atoms with Crippen molar-refractivity contribution >= 4 is 27.9 Å². The molecule has 9 heteroatoms. The molecule has 0 spiro atoms. The minimum atomic E-state index is -4.83. The van der Waals surface area contributed by atoms with Crippen molar-refractivity contribution in [3.63, 3.8) is 0 Å². The van der Waals surface area contributed by atoms with Crippen LogP contribution in [0.4, 0.5) is 9.57 Å². The number of carbonyl (C=O) groups is 2. The standard InChI is InChI=1S/C13H18FN3O4S/c1-8(2)13(19)16-11(12(15)18)7-9-3-5-10(6-4-9)17-22(14,20)21/h3-6,8,11,17H,7H2,1-2H3,(H2,15,18)(H,16,19). The number of carbonyl (C=O) groups excluding carboxylic acids is 2. The van der Waals surface area contributed by atoms with Crippen molar-refractivity contribution in [2.75, 3.05) is 4.72 Å². The second kappa shape index (κ2) is 7.21. The van der Waals surface area contributed by atoms with Crippen LogP contribution < -0.4 is 15.8 Å². The molecule has 122 valence electrons. The zero-order chi connectivity index (χ0) is 16.9. The molecule has 7 nitrogen and oxygen atoms in total. The van der Waals surface area contributed by atoms with Gasteiger partial charge in [-0.1, -0.05) is 29.9 Å². The van der Waals surface area contributed by atoms with E-state index in [9.17, 15) is 21.9 Å². The Morgan fingerprint density at radius 2 is 1.77 bits per heavy atom. The third-order valence-corrected chi connectivity index (χ3v) is 3.30. The van der Waals surface area contributed by atoms with Gasteiger partial charge in [0, 0.05) is 12.3 Å². The van der Waals surface area contributed by atoms with Gasteiger partial charge >= 0.3 is 10.4 Å². The number of halogens is 1. The van der Waals surface area contributed by atoms with Crippen LogP contribution >= 0.6 is 0 Å². The Morgan fingerprint density at radius 1 is 1.23 bits per heavy atom. The Morgan fingerprint density at radius 3 is 2.18 bits per heavy atom. The number of amides is 2. The zero-order valence-corrected chi connectivity index (χ0v) is 13.0. The molecule has 0 aliphatic heterocycles. The molecule has 22 heavy (non-hydrogen) atoms. The molecule has 2 amide bonds. The number of nitrogens with two attached hydrogens (primary N) is 1. The summed E-state index contributed by atoms with van der Waals surface area (Å²) in [6.07, 6.45) is 0.149. The maximum atomic E-state index is 12.5. The van der Waals surface area contributed by atoms with Gasteiger partial charge in [0.1, 0.15) is 6.04 Å². The number of benzene rings is 1. The monoisotopic (exact) mass is 331 g/mol. The molecule has 0 fully saturated rings. The van der Waals surface area contributed by atoms with Gasteiger partial charge in [-0.05, 0) is 17.7 Å². The van der Waals surface area contributed by atoms with Gasteiger partial charge in [-0.2, -0.15) is 8.42 Å². The molecule has 0 aliphatic rings. The van der Waals surface area contributed by atoms with Crippen molar-refractivity contribution in [2.24, 2.45) is 11.7 Å². The van der Waals surface area contributed by atoms with Gasteiger partial charge in [0.25, 0.3) is 0 Å². The van der Waals surface area contributed by atoms with Gasteiger partial charge < -0.3 is 11.1 Å². The Bertz CT molecular complexity index is 644. The summed E-state index contributed by atoms with van der Waals surface area (Å²) in [6.45, 7) is 3.37. The van der Waals surface area contributed by atoms with Crippen LogP contribution in [0.3, 0.4) is 0 Å². The normalized spacial score (nSPS) is 12.7. The molecule has 1 rings (SSSR count). The maximum absolute atomic E-state index is 12.5. The van der Waals surface area contributed by atoms with E-state index in [0.29, 0.717) is 5.56 Å². The van der Waals surface area contributed by atoms with Crippen LogP contribution in [0.15, 0.2) is 24.3 Å². The van der Waals surface area contributed by atoms with Gasteiger partial charge in [-0.15, -0.1) is 0 Å². The van der Waals surface area contributed by atoms with E-state index in [-0.39, 0.29) is 23.9 Å². The predicted octanol–water partition coefficient (Wildman–Crippen LogP) is 0.481. The molecule has 1 atom stereocenters. The molecule has 0 bridgehead atoms. The summed E-state index contributed by atoms with van der Waals surface area (Å²) in [7, 11) is -4.83. The highest BCUT2D eigenvalue weighted by Crippen LogP contribution is 2.13. The van der Waals surface area contributed by atoms with E-state index < -0.39 is 22.4 Å². The summed E-state index contributed by atoms with van der Waals surface area (Å²) in [5.74, 6) is -1.27. The lowest BCUT2D eigenvalue weighted by molar-refractivity contribution is -0.129. The Labute approximate surface area is 128 Å². The van der Waals surface area contributed by atoms with E-state index in [1.54, 1.807) is 18.6 Å². The van der Waals surface area contributed by atoms with E-state index in [1.807, 2.05) is 0 Å². The predicted molar refractivity (Wildman–Crippen MR) is 79.8 cm³/mol. The number of nitrogens with one attached hydrogen (secondary N) is 2. The molecule has 0 radical (unpaired) electrons. The maximum Gasteiger partial charge on any atom is 0.396 e. The molecular formula is C13H18FN3O4S. The average molecular weight is 331 g/mol. The Balaban J connectivity index is 2.78. The van der Waals surface area contributed by atoms with Gasteiger partial charge in [0.05, 0.1) is 5.69 Å². The van der Waals surface area contributed by atoms with Crippen molar-refractivity contribution in [1.82, 2.24) is 5.32 Å². The molecule has 1 aromatic carbocycles. The number of hydrogen-bond acceptors (Lipinski definition) is 4. The van der Waals surface area contributed by atoms with Crippen molar-refractivity contribution in [2.45, 2.75) is 26.3 Å². The summed E-state index contributed by atoms with van der Waals surface area (Å²) in [6, 6.07) is 4.82. The average Bonchev–Trinajstić information content (AvgIpc) is 2.38. The summed E-state index contributed by atoms with van der Waals surface area (Å²) in [4.78, 5) is 23.0. The SMILES string of the molecule is CC(C)C(=O)NC(Cc1ccc(NS(=O)(=O)F)cc1)C(N)=O. The summed E-state index contributed by atoms with van der Waals surface area (Å²) < 4.78 is 35.0. The molecule has 0 saturated heterocycles. The van der Waals surface area contributed by atoms with Gasteiger partial charge in [-0.25, -0.2) is 0 Å². The molecule has 1 unspecified atom stereocenters. The van der Waals surface area contributed by atoms with Crippen molar-refractivity contribution in [3.8, 4) is 0 Å². The second-order valence-corrected chi connectivity index (χ2v) is 6.14. The van der Waals surface area contributed by atoms with Crippen LogP contribution in [-0.2, 0) is 26.4 Å². The zero-order valence-electron chi connectivity index (χ0n) is 12.2. The summed E-state index contributed by atoms with van der Waals surface area (Å²) in [5.41, 5.74) is 5.93. The van der Waals surface area contributed by atoms with E-state index in [4.69, 9.17) is 5.73 Å². The number of primary amides is 1. The first kappa shape index (κ1) is 17.9. The molecular weight excluding hydrogens is 313 g/mol. The first-order chi connectivity index (χ1) is 10.1. The van der Waals surface area contributed by atoms with Crippen LogP contribution in [0.5, 0.6) is 0 Å². The summed E-state index contributed by atoms with van der Waals surface area (Å²) >= 11 is 0. The minimum absolute atomic E-state index is 0.0492. The highest BCUT2D eigenvalue weighted by molar-refractivity contribution is 7.87. The largest absolute Gasteiger partial charge is 0.396 e. The minimum Gasteiger partial charge on any atom is -0.368 e. The Kier molecular flexibility index (Phi) is 5.86. The van der Waals surface area contributed by atoms with Crippen molar-refractivity contribution < 1.29 is 21.9 Å². The molecule has 1 aromatic rings. The van der Waals surface area contributed by atoms with Crippen LogP contribution in [0.2, 0.25) is 0 Å². The van der Waals surface area contributed by atoms with Crippen LogP contribution in [0.1, 0.15) is 19.4 Å². The fourth-order valence-corrected chi connectivity index (χ4v) is 2.06. The second-order valence-electron chi connectivity index (χ2n) is 5.06. The van der Waals surface area contributed by atoms with Gasteiger partial charge in [0.2, 0.25) is 11.8 Å². The molecule has 0 heterocycles. The van der Waals surface area contributed by atoms with Gasteiger partial charge in [0.15, 0.2) is 0 Å². The number of rotatable bonds is 7. The van der Waals surface area contributed by atoms with Gasteiger partial charge in [-0.3, -0.25) is 14.3 Å². The Hall–Kier alpha value is -2.16. The lowest BCUT2D eigenvalue weighted by atomic mass is 10.0. The van der Waals surface area contributed by atoms with Crippen molar-refractivity contribution in [3.05, 3.63) is 29.8 Å². The quantitative estimate of drug-likeness (QED) is 0.630. The lowest BCUT2D eigenvalue weighted by Gasteiger charge is -2.17. The third kappa shape index (κ3) is 6.08. The molecule has 0 aromatic heterocycles. The highest BCUT2D eigenvalue weighted by atomic mass is 32.3. The molecule has 0 aliphatic carbocycles. The molecule has 4 N–H and O–H groups in total. The van der Waals surface area contributed by atoms with Crippen molar-refractivity contribution in [1.29, 1.82) is 0 Å². The highest BCUT2D eigenvalue weighted by Gasteiger charge is 2.20. The fourth-order valence-electron chi connectivity index (χ4n) is 1.65. The number of hydrogen-bond donors (Lipinski definition) is 3. The number of anilines is 1. The summed E-state index contributed by atoms with van der Waals surface area (Å²) in [5, 5.41) is 2.53. The first-order valence-electron chi connectivity index (χ1n) is 6.49. The van der Waals surface area contributed by atoms with E-state index in [1.165, 1.54) is 24.3 Å². The molecule has 0 saturated carbocycles. The fraction of sp³-hybridized carbons (Fsp3) is 0.385. The van der Waals surface area contributed by atoms with Crippen LogP contribution in [0.25, 0.3) is 0 Å². The third-order valence-electron chi connectivity index (χ3n) is 2.82. The van der Waals surface area contributed by atoms with E-state index in [0.717, 1.165) is 0 Å². The van der Waals surface area contributed by atoms with E-state index >= 15 is 0 Å².